The lowest BCUT2D eigenvalue weighted by Crippen LogP contribution is -2.52. The maximum atomic E-state index is 13.9. The molecule has 42 heavy (non-hydrogen) atoms. The molecule has 1 N–H and O–H groups in total. The van der Waals surface area contributed by atoms with Crippen LogP contribution in [0.5, 0.6) is 0 Å². The van der Waals surface area contributed by atoms with Crippen molar-refractivity contribution in [2.45, 2.75) is 57.4 Å². The maximum Gasteiger partial charge on any atom is 0.417 e. The van der Waals surface area contributed by atoms with Crippen LogP contribution in [0, 0.1) is 6.92 Å². The first-order chi connectivity index (χ1) is 19.5. The van der Waals surface area contributed by atoms with E-state index in [1.54, 1.807) is 45.0 Å². The summed E-state index contributed by atoms with van der Waals surface area (Å²) in [7, 11) is -4.57. The lowest BCUT2D eigenvalue weighted by atomic mass is 10.1. The molecule has 0 saturated heterocycles. The van der Waals surface area contributed by atoms with Crippen LogP contribution in [-0.4, -0.2) is 43.8 Å². The van der Waals surface area contributed by atoms with Crippen molar-refractivity contribution in [1.29, 1.82) is 0 Å². The fourth-order valence-corrected chi connectivity index (χ4v) is 5.92. The highest BCUT2D eigenvalue weighted by Gasteiger charge is 2.37. The van der Waals surface area contributed by atoms with Crippen molar-refractivity contribution in [2.24, 2.45) is 0 Å². The number of hydrogen-bond acceptors (Lipinski definition) is 4. The highest BCUT2D eigenvalue weighted by atomic mass is 35.5. The molecule has 0 aliphatic rings. The number of carbonyl (C=O) groups is 2. The first-order valence-electron chi connectivity index (χ1n) is 12.8. The SMILES string of the molecule is Cc1ccc(S(=O)(=O)N(CC(=O)N(Cc2cccc(Cl)c2)[C@H](C)C(=O)NC(C)C)c2ccc(Cl)c(C(F)(F)F)c2)cc1. The van der Waals surface area contributed by atoms with Crippen molar-refractivity contribution < 1.29 is 31.2 Å². The summed E-state index contributed by atoms with van der Waals surface area (Å²) in [4.78, 5) is 27.8. The van der Waals surface area contributed by atoms with Gasteiger partial charge in [0, 0.05) is 17.6 Å². The van der Waals surface area contributed by atoms with Gasteiger partial charge in [-0.3, -0.25) is 13.9 Å². The number of amides is 2. The van der Waals surface area contributed by atoms with Gasteiger partial charge < -0.3 is 10.2 Å². The van der Waals surface area contributed by atoms with Gasteiger partial charge in [-0.25, -0.2) is 8.42 Å². The monoisotopic (exact) mass is 643 g/mol. The van der Waals surface area contributed by atoms with E-state index in [2.05, 4.69) is 5.32 Å². The van der Waals surface area contributed by atoms with Crippen molar-refractivity contribution in [1.82, 2.24) is 10.2 Å². The second-order valence-corrected chi connectivity index (χ2v) is 12.7. The van der Waals surface area contributed by atoms with E-state index in [4.69, 9.17) is 23.2 Å². The van der Waals surface area contributed by atoms with E-state index < -0.39 is 56.9 Å². The van der Waals surface area contributed by atoms with Crippen molar-refractivity contribution >= 4 is 50.7 Å². The Kier molecular flexibility index (Phi) is 10.6. The van der Waals surface area contributed by atoms with Gasteiger partial charge in [-0.05, 0) is 75.7 Å². The summed E-state index contributed by atoms with van der Waals surface area (Å²) in [5.41, 5.74) is -0.389. The lowest BCUT2D eigenvalue weighted by Gasteiger charge is -2.32. The fraction of sp³-hybridized carbons (Fsp3) is 0.310. The minimum Gasteiger partial charge on any atom is -0.352 e. The number of sulfonamides is 1. The largest absolute Gasteiger partial charge is 0.417 e. The van der Waals surface area contributed by atoms with Gasteiger partial charge in [-0.15, -0.1) is 0 Å². The predicted molar refractivity (Wildman–Crippen MR) is 157 cm³/mol. The topological polar surface area (TPSA) is 86.8 Å². The number of benzene rings is 3. The van der Waals surface area contributed by atoms with Crippen molar-refractivity contribution in [2.75, 3.05) is 10.8 Å². The number of nitrogens with one attached hydrogen (secondary N) is 1. The van der Waals surface area contributed by atoms with Gasteiger partial charge in [0.2, 0.25) is 11.8 Å². The molecule has 0 spiro atoms. The first kappa shape index (κ1) is 33.2. The molecule has 0 aliphatic heterocycles. The van der Waals surface area contributed by atoms with E-state index >= 15 is 0 Å². The van der Waals surface area contributed by atoms with E-state index in [0.29, 0.717) is 21.0 Å². The zero-order chi connectivity index (χ0) is 31.4. The Bertz CT molecular complexity index is 1550. The molecule has 0 aromatic heterocycles. The first-order valence-corrected chi connectivity index (χ1v) is 15.0. The summed E-state index contributed by atoms with van der Waals surface area (Å²) >= 11 is 11.9. The Hall–Kier alpha value is -3.28. The van der Waals surface area contributed by atoms with Crippen LogP contribution >= 0.6 is 23.2 Å². The average molecular weight is 645 g/mol. The van der Waals surface area contributed by atoms with Crippen LogP contribution in [-0.2, 0) is 32.3 Å². The summed E-state index contributed by atoms with van der Waals surface area (Å²) in [6.45, 7) is 5.66. The molecule has 0 aliphatic carbocycles. The zero-order valence-corrected chi connectivity index (χ0v) is 25.6. The van der Waals surface area contributed by atoms with Gasteiger partial charge in [0.15, 0.2) is 0 Å². The summed E-state index contributed by atoms with van der Waals surface area (Å²) in [6.07, 6.45) is -4.89. The Morgan fingerprint density at radius 1 is 0.952 bits per heavy atom. The summed E-state index contributed by atoms with van der Waals surface area (Å²) in [5.74, 6) is -1.33. The Morgan fingerprint density at radius 2 is 1.60 bits per heavy atom. The minimum absolute atomic E-state index is 0.126. The van der Waals surface area contributed by atoms with Gasteiger partial charge in [-0.2, -0.15) is 13.2 Å². The van der Waals surface area contributed by atoms with E-state index in [-0.39, 0.29) is 17.5 Å². The minimum atomic E-state index is -4.89. The molecule has 3 aromatic rings. The molecular weight excluding hydrogens is 614 g/mol. The van der Waals surface area contributed by atoms with Crippen LogP contribution in [0.15, 0.2) is 71.6 Å². The van der Waals surface area contributed by atoms with E-state index in [1.165, 1.54) is 31.2 Å². The third-order valence-corrected chi connectivity index (χ3v) is 8.62. The number of hydrogen-bond donors (Lipinski definition) is 1. The smallest absolute Gasteiger partial charge is 0.352 e. The molecule has 13 heteroatoms. The molecule has 226 valence electrons. The molecule has 0 bridgehead atoms. The van der Waals surface area contributed by atoms with Crippen LogP contribution in [0.2, 0.25) is 10.0 Å². The summed E-state index contributed by atoms with van der Waals surface area (Å²) in [6, 6.07) is 13.5. The number of anilines is 1. The summed E-state index contributed by atoms with van der Waals surface area (Å²) in [5, 5.41) is 2.47. The molecule has 0 fully saturated rings. The Balaban J connectivity index is 2.13. The predicted octanol–water partition coefficient (Wildman–Crippen LogP) is 6.46. The molecule has 7 nitrogen and oxygen atoms in total. The van der Waals surface area contributed by atoms with E-state index in [1.807, 2.05) is 0 Å². The lowest BCUT2D eigenvalue weighted by molar-refractivity contribution is -0.139. The van der Waals surface area contributed by atoms with E-state index in [9.17, 15) is 31.2 Å². The fourth-order valence-electron chi connectivity index (χ4n) is 4.07. The quantitative estimate of drug-likeness (QED) is 0.275. The average Bonchev–Trinajstić information content (AvgIpc) is 2.89. The van der Waals surface area contributed by atoms with E-state index in [0.717, 1.165) is 22.6 Å². The number of rotatable bonds is 10. The molecule has 0 heterocycles. The molecule has 0 unspecified atom stereocenters. The van der Waals surface area contributed by atoms with Gasteiger partial charge >= 0.3 is 6.18 Å². The summed E-state index contributed by atoms with van der Waals surface area (Å²) < 4.78 is 69.5. The van der Waals surface area contributed by atoms with Crippen LogP contribution in [0.3, 0.4) is 0 Å². The number of halogens is 5. The van der Waals surface area contributed by atoms with Gasteiger partial charge in [0.25, 0.3) is 10.0 Å². The van der Waals surface area contributed by atoms with Crippen LogP contribution in [0.1, 0.15) is 37.5 Å². The second kappa shape index (κ2) is 13.4. The maximum absolute atomic E-state index is 13.9. The number of aryl methyl sites for hydroxylation is 1. The number of alkyl halides is 3. The highest BCUT2D eigenvalue weighted by molar-refractivity contribution is 7.92. The molecule has 3 rings (SSSR count). The van der Waals surface area contributed by atoms with Crippen molar-refractivity contribution in [3.8, 4) is 0 Å². The Labute approximate surface area is 253 Å². The molecule has 2 amide bonds. The standard InChI is InChI=1S/C29H30Cl2F3N3O4S/c1-18(2)35-28(39)20(4)36(16-21-6-5-7-22(30)14-21)27(38)17-37(42(40,41)24-11-8-19(3)9-12-24)23-10-13-26(31)25(15-23)29(32,33)34/h5-15,18,20H,16-17H2,1-4H3,(H,35,39)/t20-/m1/s1. The molecular formula is C29H30Cl2F3N3O4S. The third-order valence-electron chi connectivity index (χ3n) is 6.27. The molecule has 1 atom stereocenters. The highest BCUT2D eigenvalue weighted by Crippen LogP contribution is 2.38. The third kappa shape index (κ3) is 8.17. The van der Waals surface area contributed by atoms with Gasteiger partial charge in [-0.1, -0.05) is 53.0 Å². The molecule has 0 radical (unpaired) electrons. The van der Waals surface area contributed by atoms with Crippen molar-refractivity contribution in [3.63, 3.8) is 0 Å². The van der Waals surface area contributed by atoms with Crippen molar-refractivity contribution in [3.05, 3.63) is 93.5 Å². The van der Waals surface area contributed by atoms with Crippen LogP contribution in [0.4, 0.5) is 18.9 Å². The zero-order valence-electron chi connectivity index (χ0n) is 23.2. The number of nitrogens with zero attached hydrogens (tertiary/aromatic N) is 2. The van der Waals surface area contributed by atoms with Crippen LogP contribution < -0.4 is 9.62 Å². The van der Waals surface area contributed by atoms with Gasteiger partial charge in [0.05, 0.1) is 21.2 Å². The Morgan fingerprint density at radius 3 is 2.17 bits per heavy atom. The van der Waals surface area contributed by atoms with Crippen LogP contribution in [0.25, 0.3) is 0 Å². The second-order valence-electron chi connectivity index (χ2n) is 9.98. The molecule has 0 saturated carbocycles. The normalized spacial score (nSPS) is 12.6. The van der Waals surface area contributed by atoms with Gasteiger partial charge in [0.1, 0.15) is 12.6 Å². The molecule has 3 aromatic carbocycles. The number of carbonyl (C=O) groups excluding carboxylic acids is 2.